The molecule has 1 saturated heterocycles. The maximum atomic E-state index is 12.2. The van der Waals surface area contributed by atoms with Gasteiger partial charge in [0.2, 0.25) is 10.0 Å². The monoisotopic (exact) mass is 539 g/mol. The van der Waals surface area contributed by atoms with Crippen LogP contribution in [0.2, 0.25) is 0 Å². The lowest BCUT2D eigenvalue weighted by Gasteiger charge is -2.31. The van der Waals surface area contributed by atoms with Gasteiger partial charge in [0.25, 0.3) is 0 Å². The molecular formula is C18H30IN5O4S. The number of guanidine groups is 1. The third kappa shape index (κ3) is 8.34. The van der Waals surface area contributed by atoms with Crippen molar-refractivity contribution >= 4 is 46.1 Å². The Morgan fingerprint density at radius 1 is 1.28 bits per heavy atom. The molecule has 0 unspecified atom stereocenters. The van der Waals surface area contributed by atoms with Crippen LogP contribution in [-0.2, 0) is 14.8 Å². The molecule has 164 valence electrons. The number of nitrogens with two attached hydrogens (primary N) is 1. The van der Waals surface area contributed by atoms with E-state index in [4.69, 9.17) is 10.5 Å². The van der Waals surface area contributed by atoms with E-state index in [0.717, 1.165) is 18.4 Å². The van der Waals surface area contributed by atoms with Crippen LogP contribution >= 0.6 is 24.0 Å². The number of carbonyl (C=O) groups excluding carboxylic acids is 1. The number of piperidine rings is 1. The number of aryl methyl sites for hydroxylation is 1. The molecule has 0 saturated carbocycles. The number of carbonyl (C=O) groups is 1. The first-order valence-electron chi connectivity index (χ1n) is 9.36. The Balaban J connectivity index is 0.00000420. The van der Waals surface area contributed by atoms with E-state index in [1.807, 2.05) is 6.92 Å². The van der Waals surface area contributed by atoms with Crippen molar-refractivity contribution in [1.82, 2.24) is 14.9 Å². The number of sulfonamides is 1. The fraction of sp³-hybridized carbons (Fsp3) is 0.556. The van der Waals surface area contributed by atoms with E-state index in [0.29, 0.717) is 19.7 Å². The van der Waals surface area contributed by atoms with Crippen LogP contribution in [0.1, 0.15) is 25.3 Å². The van der Waals surface area contributed by atoms with Gasteiger partial charge in [0.15, 0.2) is 5.96 Å². The number of likely N-dealkylation sites (tertiary alicyclic amines) is 1. The molecule has 1 aromatic rings. The van der Waals surface area contributed by atoms with E-state index in [-0.39, 0.29) is 60.1 Å². The topological polar surface area (TPSA) is 126 Å². The van der Waals surface area contributed by atoms with Gasteiger partial charge in [0.05, 0.1) is 18.0 Å². The molecule has 0 radical (unpaired) electrons. The molecule has 1 fully saturated rings. The standard InChI is InChI=1S/C18H29N5O4S.HI/c1-3-27-18(24)23-12-8-15(9-13-23)22-17(19)20-10-11-21-28(25,26)16-6-4-14(2)5-7-16;/h4-7,15,21H,3,8-13H2,1-2H3,(H3,19,20,22);1H. The van der Waals surface area contributed by atoms with Gasteiger partial charge in [-0.05, 0) is 38.8 Å². The number of hydrogen-bond acceptors (Lipinski definition) is 5. The van der Waals surface area contributed by atoms with Crippen molar-refractivity contribution < 1.29 is 17.9 Å². The van der Waals surface area contributed by atoms with Gasteiger partial charge < -0.3 is 20.7 Å². The van der Waals surface area contributed by atoms with Gasteiger partial charge in [-0.2, -0.15) is 0 Å². The van der Waals surface area contributed by atoms with Crippen molar-refractivity contribution in [3.05, 3.63) is 29.8 Å². The lowest BCUT2D eigenvalue weighted by molar-refractivity contribution is 0.0963. The molecule has 1 amide bonds. The number of nitrogens with zero attached hydrogens (tertiary/aromatic N) is 2. The molecule has 1 aliphatic heterocycles. The maximum absolute atomic E-state index is 12.2. The molecular weight excluding hydrogens is 509 g/mol. The van der Waals surface area contributed by atoms with E-state index in [9.17, 15) is 13.2 Å². The Morgan fingerprint density at radius 2 is 1.90 bits per heavy atom. The largest absolute Gasteiger partial charge is 0.450 e. The highest BCUT2D eigenvalue weighted by Gasteiger charge is 2.23. The summed E-state index contributed by atoms with van der Waals surface area (Å²) in [6, 6.07) is 6.77. The Kier molecular flexibility index (Phi) is 10.7. The summed E-state index contributed by atoms with van der Waals surface area (Å²) in [5.41, 5.74) is 6.88. The Hall–Kier alpha value is -1.60. The van der Waals surface area contributed by atoms with Crippen molar-refractivity contribution in [1.29, 1.82) is 0 Å². The third-order valence-corrected chi connectivity index (χ3v) is 5.87. The van der Waals surface area contributed by atoms with E-state index < -0.39 is 10.0 Å². The molecule has 1 aliphatic rings. The SMILES string of the molecule is CCOC(=O)N1CCC(NC(N)=NCCNS(=O)(=O)c2ccc(C)cc2)CC1.I. The predicted octanol–water partition coefficient (Wildman–Crippen LogP) is 1.42. The minimum atomic E-state index is -3.55. The summed E-state index contributed by atoms with van der Waals surface area (Å²) in [6.07, 6.45) is 1.20. The summed E-state index contributed by atoms with van der Waals surface area (Å²) in [7, 11) is -3.55. The van der Waals surface area contributed by atoms with Crippen molar-refractivity contribution in [3.63, 3.8) is 0 Å². The van der Waals surface area contributed by atoms with E-state index in [1.165, 1.54) is 0 Å². The second kappa shape index (κ2) is 12.2. The summed E-state index contributed by atoms with van der Waals surface area (Å²) < 4.78 is 31.9. The van der Waals surface area contributed by atoms with Crippen molar-refractivity contribution in [2.75, 3.05) is 32.8 Å². The van der Waals surface area contributed by atoms with Crippen LogP contribution in [0.3, 0.4) is 0 Å². The smallest absolute Gasteiger partial charge is 0.409 e. The van der Waals surface area contributed by atoms with Gasteiger partial charge in [-0.1, -0.05) is 17.7 Å². The van der Waals surface area contributed by atoms with E-state index in [1.54, 1.807) is 36.1 Å². The fourth-order valence-electron chi connectivity index (χ4n) is 2.83. The van der Waals surface area contributed by atoms with Gasteiger partial charge in [0.1, 0.15) is 0 Å². The summed E-state index contributed by atoms with van der Waals surface area (Å²) in [5.74, 6) is 0.268. The molecule has 11 heteroatoms. The van der Waals surface area contributed by atoms with Crippen LogP contribution in [0.5, 0.6) is 0 Å². The summed E-state index contributed by atoms with van der Waals surface area (Å²) in [6.45, 7) is 5.62. The number of ether oxygens (including phenoxy) is 1. The Morgan fingerprint density at radius 3 is 2.48 bits per heavy atom. The summed E-state index contributed by atoms with van der Waals surface area (Å²) >= 11 is 0. The van der Waals surface area contributed by atoms with Crippen molar-refractivity contribution in [3.8, 4) is 0 Å². The fourth-order valence-corrected chi connectivity index (χ4v) is 3.85. The van der Waals surface area contributed by atoms with Gasteiger partial charge in [0, 0.05) is 25.7 Å². The van der Waals surface area contributed by atoms with Gasteiger partial charge in [-0.15, -0.1) is 24.0 Å². The van der Waals surface area contributed by atoms with Crippen LogP contribution in [0.25, 0.3) is 0 Å². The lowest BCUT2D eigenvalue weighted by atomic mass is 10.1. The Labute approximate surface area is 189 Å². The zero-order valence-corrected chi connectivity index (χ0v) is 19.9. The molecule has 29 heavy (non-hydrogen) atoms. The number of amides is 1. The van der Waals surface area contributed by atoms with Gasteiger partial charge in [-0.25, -0.2) is 17.9 Å². The zero-order chi connectivity index (χ0) is 20.6. The second-order valence-electron chi connectivity index (χ2n) is 6.58. The zero-order valence-electron chi connectivity index (χ0n) is 16.8. The number of benzene rings is 1. The third-order valence-electron chi connectivity index (χ3n) is 4.39. The molecule has 0 aromatic heterocycles. The lowest BCUT2D eigenvalue weighted by Crippen LogP contribution is -2.48. The Bertz CT molecular complexity index is 778. The second-order valence-corrected chi connectivity index (χ2v) is 8.35. The molecule has 1 aromatic carbocycles. The highest BCUT2D eigenvalue weighted by Crippen LogP contribution is 2.11. The number of hydrogen-bond donors (Lipinski definition) is 3. The first-order chi connectivity index (χ1) is 13.3. The number of aliphatic imine (C=N–C) groups is 1. The first kappa shape index (κ1) is 25.4. The van der Waals surface area contributed by atoms with E-state index >= 15 is 0 Å². The molecule has 0 spiro atoms. The van der Waals surface area contributed by atoms with Crippen LogP contribution in [0.4, 0.5) is 4.79 Å². The highest BCUT2D eigenvalue weighted by molar-refractivity contribution is 14.0. The average molecular weight is 539 g/mol. The normalized spacial score (nSPS) is 15.5. The summed E-state index contributed by atoms with van der Waals surface area (Å²) in [5, 5.41) is 3.12. The quantitative estimate of drug-likeness (QED) is 0.208. The number of halogens is 1. The first-order valence-corrected chi connectivity index (χ1v) is 10.8. The van der Waals surface area contributed by atoms with E-state index in [2.05, 4.69) is 15.0 Å². The van der Waals surface area contributed by atoms with Crippen LogP contribution < -0.4 is 15.8 Å². The van der Waals surface area contributed by atoms with Gasteiger partial charge in [-0.3, -0.25) is 4.99 Å². The van der Waals surface area contributed by atoms with Crippen molar-refractivity contribution in [2.45, 2.75) is 37.6 Å². The molecule has 0 aliphatic carbocycles. The number of rotatable bonds is 7. The molecule has 9 nitrogen and oxygen atoms in total. The minimum absolute atomic E-state index is 0. The number of nitrogens with one attached hydrogen (secondary N) is 2. The minimum Gasteiger partial charge on any atom is -0.450 e. The van der Waals surface area contributed by atoms with Gasteiger partial charge >= 0.3 is 6.09 Å². The molecule has 0 atom stereocenters. The molecule has 0 bridgehead atoms. The highest BCUT2D eigenvalue weighted by atomic mass is 127. The average Bonchev–Trinajstić information content (AvgIpc) is 2.66. The van der Waals surface area contributed by atoms with Crippen molar-refractivity contribution in [2.24, 2.45) is 10.7 Å². The predicted molar refractivity (Wildman–Crippen MR) is 123 cm³/mol. The van der Waals surface area contributed by atoms with Crippen LogP contribution in [0.15, 0.2) is 34.2 Å². The maximum Gasteiger partial charge on any atom is 0.409 e. The molecule has 2 rings (SSSR count). The van der Waals surface area contributed by atoms with Crippen LogP contribution in [-0.4, -0.2) is 64.2 Å². The summed E-state index contributed by atoms with van der Waals surface area (Å²) in [4.78, 5) is 17.7. The van der Waals surface area contributed by atoms with Crippen LogP contribution in [0, 0.1) is 6.92 Å². The molecule has 1 heterocycles. The molecule has 4 N–H and O–H groups in total.